The first kappa shape index (κ1) is 17.9. The summed E-state index contributed by atoms with van der Waals surface area (Å²) >= 11 is 0. The van der Waals surface area contributed by atoms with E-state index in [4.69, 9.17) is 0 Å². The van der Waals surface area contributed by atoms with Gasteiger partial charge in [-0.05, 0) is 55.3 Å². The van der Waals surface area contributed by atoms with E-state index in [0.29, 0.717) is 11.8 Å². The van der Waals surface area contributed by atoms with Crippen molar-refractivity contribution >= 4 is 17.2 Å². The first-order valence-electron chi connectivity index (χ1n) is 8.73. The molecule has 0 saturated carbocycles. The topological polar surface area (TPSA) is 46.4 Å². The summed E-state index contributed by atoms with van der Waals surface area (Å²) in [6.45, 7) is 3.84. The lowest BCUT2D eigenvalue weighted by Crippen LogP contribution is -2.14. The second-order valence-corrected chi connectivity index (χ2v) is 6.70. The van der Waals surface area contributed by atoms with Gasteiger partial charge in [-0.2, -0.15) is 0 Å². The predicted octanol–water partition coefficient (Wildman–Crippen LogP) is 5.15. The normalized spacial score (nSPS) is 11.0. The van der Waals surface area contributed by atoms with Crippen molar-refractivity contribution in [3.63, 3.8) is 0 Å². The van der Waals surface area contributed by atoms with Crippen molar-refractivity contribution in [2.45, 2.75) is 13.8 Å². The molecule has 0 aliphatic heterocycles. The van der Waals surface area contributed by atoms with E-state index < -0.39 is 17.5 Å². The third-order valence-electron chi connectivity index (χ3n) is 4.57. The molecule has 4 aromatic rings. The minimum absolute atomic E-state index is 0.214. The fraction of sp³-hybridized carbons (Fsp3) is 0.0909. The minimum Gasteiger partial charge on any atom is -0.322 e. The lowest BCUT2D eigenvalue weighted by molar-refractivity contribution is 0.102. The van der Waals surface area contributed by atoms with Crippen LogP contribution in [0.25, 0.3) is 16.9 Å². The van der Waals surface area contributed by atoms with E-state index >= 15 is 0 Å². The van der Waals surface area contributed by atoms with Crippen LogP contribution >= 0.6 is 0 Å². The molecule has 2 heterocycles. The van der Waals surface area contributed by atoms with Crippen LogP contribution in [0.3, 0.4) is 0 Å². The molecule has 0 radical (unpaired) electrons. The number of carbonyl (C=O) groups is 1. The van der Waals surface area contributed by atoms with Crippen LogP contribution in [0.5, 0.6) is 0 Å². The molecule has 0 atom stereocenters. The predicted molar refractivity (Wildman–Crippen MR) is 104 cm³/mol. The number of aromatic nitrogens is 2. The fourth-order valence-electron chi connectivity index (χ4n) is 3.00. The fourth-order valence-corrected chi connectivity index (χ4v) is 3.00. The zero-order valence-electron chi connectivity index (χ0n) is 15.3. The highest BCUT2D eigenvalue weighted by molar-refractivity contribution is 6.05. The van der Waals surface area contributed by atoms with Gasteiger partial charge in [0.2, 0.25) is 0 Å². The van der Waals surface area contributed by atoms with Gasteiger partial charge in [0, 0.05) is 29.7 Å². The molecule has 1 amide bonds. The molecule has 0 aliphatic rings. The second kappa shape index (κ2) is 6.88. The summed E-state index contributed by atoms with van der Waals surface area (Å²) in [5, 5.41) is 2.70. The molecule has 2 aromatic heterocycles. The summed E-state index contributed by atoms with van der Waals surface area (Å²) in [5.41, 5.74) is 4.67. The Hall–Kier alpha value is -3.54. The van der Waals surface area contributed by atoms with E-state index in [1.54, 1.807) is 6.07 Å². The molecule has 2 aromatic carbocycles. The van der Waals surface area contributed by atoms with Gasteiger partial charge in [0.15, 0.2) is 0 Å². The Labute approximate surface area is 160 Å². The highest BCUT2D eigenvalue weighted by Crippen LogP contribution is 2.26. The molecule has 6 heteroatoms. The van der Waals surface area contributed by atoms with Crippen molar-refractivity contribution in [2.75, 3.05) is 5.32 Å². The number of carbonyl (C=O) groups excluding carboxylic acids is 1. The van der Waals surface area contributed by atoms with Crippen LogP contribution in [-0.4, -0.2) is 15.3 Å². The number of hydrogen-bond donors (Lipinski definition) is 1. The van der Waals surface area contributed by atoms with Gasteiger partial charge in [0.1, 0.15) is 17.3 Å². The Morgan fingerprint density at radius 3 is 2.64 bits per heavy atom. The van der Waals surface area contributed by atoms with E-state index in [2.05, 4.69) is 10.3 Å². The molecule has 0 aliphatic carbocycles. The molecular formula is C22H17F2N3O. The highest BCUT2D eigenvalue weighted by atomic mass is 19.1. The number of hydrogen-bond acceptors (Lipinski definition) is 2. The number of nitrogens with zero attached hydrogens (tertiary/aromatic N) is 2. The molecule has 4 nitrogen and oxygen atoms in total. The summed E-state index contributed by atoms with van der Waals surface area (Å²) in [6.07, 6.45) is 3.85. The SMILES string of the molecule is Cc1ccn2cc(-c3ccc(C)c(NC(=O)c4ccc(F)cc4F)c3)nc2c1. The van der Waals surface area contributed by atoms with E-state index in [0.717, 1.165) is 40.2 Å². The van der Waals surface area contributed by atoms with Crippen LogP contribution < -0.4 is 5.32 Å². The molecule has 0 bridgehead atoms. The van der Waals surface area contributed by atoms with Gasteiger partial charge in [-0.25, -0.2) is 13.8 Å². The smallest absolute Gasteiger partial charge is 0.258 e. The number of pyridine rings is 1. The zero-order valence-corrected chi connectivity index (χ0v) is 15.3. The van der Waals surface area contributed by atoms with Gasteiger partial charge in [-0.1, -0.05) is 12.1 Å². The van der Waals surface area contributed by atoms with Crippen molar-refractivity contribution in [1.29, 1.82) is 0 Å². The maximum Gasteiger partial charge on any atom is 0.258 e. The number of aryl methyl sites for hydroxylation is 2. The van der Waals surface area contributed by atoms with Crippen LogP contribution in [0.1, 0.15) is 21.5 Å². The monoisotopic (exact) mass is 377 g/mol. The van der Waals surface area contributed by atoms with E-state index in [1.807, 2.05) is 54.9 Å². The third kappa shape index (κ3) is 3.36. The molecule has 1 N–H and O–H groups in total. The molecule has 4 rings (SSSR count). The molecule has 0 spiro atoms. The van der Waals surface area contributed by atoms with Crippen molar-refractivity contribution in [3.8, 4) is 11.3 Å². The number of anilines is 1. The van der Waals surface area contributed by atoms with E-state index in [9.17, 15) is 13.6 Å². The Bertz CT molecular complexity index is 1210. The van der Waals surface area contributed by atoms with Crippen molar-refractivity contribution in [1.82, 2.24) is 9.38 Å². The minimum atomic E-state index is -0.901. The van der Waals surface area contributed by atoms with E-state index in [1.165, 1.54) is 0 Å². The maximum atomic E-state index is 13.9. The van der Waals surface area contributed by atoms with Crippen LogP contribution in [-0.2, 0) is 0 Å². The summed E-state index contributed by atoms with van der Waals surface area (Å²) in [5.74, 6) is -2.26. The largest absolute Gasteiger partial charge is 0.322 e. The highest BCUT2D eigenvalue weighted by Gasteiger charge is 2.15. The van der Waals surface area contributed by atoms with Crippen molar-refractivity contribution in [2.24, 2.45) is 0 Å². The Morgan fingerprint density at radius 2 is 1.86 bits per heavy atom. The van der Waals surface area contributed by atoms with Crippen LogP contribution in [0.2, 0.25) is 0 Å². The number of nitrogens with one attached hydrogen (secondary N) is 1. The summed E-state index contributed by atoms with van der Waals surface area (Å²) in [4.78, 5) is 17.1. The van der Waals surface area contributed by atoms with Gasteiger partial charge in [0.25, 0.3) is 5.91 Å². The second-order valence-electron chi connectivity index (χ2n) is 6.70. The Morgan fingerprint density at radius 1 is 1.04 bits per heavy atom. The summed E-state index contributed by atoms with van der Waals surface area (Å²) in [6, 6.07) is 12.4. The lowest BCUT2D eigenvalue weighted by Gasteiger charge is -2.10. The standard InChI is InChI=1S/C22H17F2N3O/c1-13-7-8-27-12-20(25-21(27)9-13)15-4-3-14(2)19(10-15)26-22(28)17-6-5-16(23)11-18(17)24/h3-12H,1-2H3,(H,26,28). The molecule has 0 unspecified atom stereocenters. The van der Waals surface area contributed by atoms with Crippen LogP contribution in [0.15, 0.2) is 60.9 Å². The van der Waals surface area contributed by atoms with Gasteiger partial charge < -0.3 is 9.72 Å². The van der Waals surface area contributed by atoms with Gasteiger partial charge >= 0.3 is 0 Å². The van der Waals surface area contributed by atoms with E-state index in [-0.39, 0.29) is 5.56 Å². The molecule has 140 valence electrons. The summed E-state index contributed by atoms with van der Waals surface area (Å²) < 4.78 is 28.9. The van der Waals surface area contributed by atoms with Crippen LogP contribution in [0, 0.1) is 25.5 Å². The van der Waals surface area contributed by atoms with Crippen molar-refractivity contribution in [3.05, 3.63) is 89.2 Å². The number of benzene rings is 2. The number of rotatable bonds is 3. The number of amides is 1. The average molecular weight is 377 g/mol. The Kier molecular flexibility index (Phi) is 4.39. The first-order valence-corrected chi connectivity index (χ1v) is 8.73. The Balaban J connectivity index is 1.67. The first-order chi connectivity index (χ1) is 13.4. The average Bonchev–Trinajstić information content (AvgIpc) is 3.06. The zero-order chi connectivity index (χ0) is 19.8. The number of imidazole rings is 1. The molecular weight excluding hydrogens is 360 g/mol. The quantitative estimate of drug-likeness (QED) is 0.537. The van der Waals surface area contributed by atoms with Gasteiger partial charge in [-0.3, -0.25) is 4.79 Å². The molecule has 28 heavy (non-hydrogen) atoms. The van der Waals surface area contributed by atoms with Gasteiger partial charge in [0.05, 0.1) is 11.3 Å². The third-order valence-corrected chi connectivity index (χ3v) is 4.57. The molecule has 0 fully saturated rings. The maximum absolute atomic E-state index is 13.9. The summed E-state index contributed by atoms with van der Waals surface area (Å²) in [7, 11) is 0. The number of fused-ring (bicyclic) bond motifs is 1. The number of halogens is 2. The lowest BCUT2D eigenvalue weighted by atomic mass is 10.1. The molecule has 0 saturated heterocycles. The van der Waals surface area contributed by atoms with Gasteiger partial charge in [-0.15, -0.1) is 0 Å². The van der Waals surface area contributed by atoms with Crippen molar-refractivity contribution < 1.29 is 13.6 Å². The van der Waals surface area contributed by atoms with Crippen LogP contribution in [0.4, 0.5) is 14.5 Å².